The van der Waals surface area contributed by atoms with Crippen molar-refractivity contribution in [3.63, 3.8) is 0 Å². The molecular weight excluding hydrogens is 228 g/mol. The molecule has 0 aliphatic heterocycles. The number of ether oxygens (including phenoxy) is 2. The Morgan fingerprint density at radius 3 is 2.22 bits per heavy atom. The number of benzene rings is 1. The van der Waals surface area contributed by atoms with Crippen molar-refractivity contribution in [2.24, 2.45) is 5.92 Å². The monoisotopic (exact) mass is 250 g/mol. The van der Waals surface area contributed by atoms with E-state index >= 15 is 0 Å². The predicted molar refractivity (Wildman–Crippen MR) is 71.7 cm³/mol. The van der Waals surface area contributed by atoms with Crippen molar-refractivity contribution in [1.29, 1.82) is 0 Å². The summed E-state index contributed by atoms with van der Waals surface area (Å²) < 4.78 is 10.4. The van der Waals surface area contributed by atoms with Crippen LogP contribution in [0.4, 0.5) is 0 Å². The molecule has 0 bridgehead atoms. The Bertz CT molecular complexity index is 387. The standard InChI is InChI=1S/C15H22O3/c1-11(14(16)18-15(2,3)4)10-12-6-8-13(17-5)9-7-12/h6-9,11H,10H2,1-5H3/t11-/m0/s1. The van der Waals surface area contributed by atoms with Gasteiger partial charge in [-0.25, -0.2) is 0 Å². The van der Waals surface area contributed by atoms with Crippen molar-refractivity contribution in [2.45, 2.75) is 39.7 Å². The van der Waals surface area contributed by atoms with Gasteiger partial charge < -0.3 is 9.47 Å². The van der Waals surface area contributed by atoms with Crippen molar-refractivity contribution in [1.82, 2.24) is 0 Å². The lowest BCUT2D eigenvalue weighted by atomic mass is 10.0. The van der Waals surface area contributed by atoms with E-state index in [2.05, 4.69) is 0 Å². The number of carbonyl (C=O) groups is 1. The lowest BCUT2D eigenvalue weighted by Crippen LogP contribution is -2.28. The van der Waals surface area contributed by atoms with Crippen LogP contribution in [0.5, 0.6) is 5.75 Å². The Morgan fingerprint density at radius 1 is 1.22 bits per heavy atom. The minimum absolute atomic E-state index is 0.141. The van der Waals surface area contributed by atoms with Crippen LogP contribution in [0, 0.1) is 5.92 Å². The summed E-state index contributed by atoms with van der Waals surface area (Å²) in [7, 11) is 1.64. The lowest BCUT2D eigenvalue weighted by molar-refractivity contribution is -0.159. The zero-order valence-electron chi connectivity index (χ0n) is 11.8. The van der Waals surface area contributed by atoms with E-state index in [1.807, 2.05) is 52.0 Å². The number of methoxy groups -OCH3 is 1. The Labute approximate surface area is 109 Å². The maximum absolute atomic E-state index is 11.8. The van der Waals surface area contributed by atoms with Crippen LogP contribution in [0.15, 0.2) is 24.3 Å². The molecule has 0 spiro atoms. The molecule has 1 aromatic rings. The van der Waals surface area contributed by atoms with E-state index in [9.17, 15) is 4.79 Å². The van der Waals surface area contributed by atoms with E-state index in [4.69, 9.17) is 9.47 Å². The smallest absolute Gasteiger partial charge is 0.309 e. The van der Waals surface area contributed by atoms with Crippen molar-refractivity contribution in [3.8, 4) is 5.75 Å². The normalized spacial score (nSPS) is 12.9. The predicted octanol–water partition coefficient (Wildman–Crippen LogP) is 3.22. The molecule has 0 aromatic heterocycles. The summed E-state index contributed by atoms with van der Waals surface area (Å²) in [6.07, 6.45) is 0.679. The molecule has 0 heterocycles. The number of esters is 1. The number of hydrogen-bond acceptors (Lipinski definition) is 3. The summed E-state index contributed by atoms with van der Waals surface area (Å²) in [6, 6.07) is 7.74. The maximum atomic E-state index is 11.8. The van der Waals surface area contributed by atoms with Gasteiger partial charge in [-0.3, -0.25) is 4.79 Å². The molecule has 0 saturated carbocycles. The quantitative estimate of drug-likeness (QED) is 0.770. The van der Waals surface area contributed by atoms with Crippen LogP contribution in [0.25, 0.3) is 0 Å². The van der Waals surface area contributed by atoms with Crippen LogP contribution >= 0.6 is 0 Å². The van der Waals surface area contributed by atoms with E-state index in [0.717, 1.165) is 11.3 Å². The molecule has 0 fully saturated rings. The van der Waals surface area contributed by atoms with E-state index in [1.54, 1.807) is 7.11 Å². The highest BCUT2D eigenvalue weighted by Crippen LogP contribution is 2.17. The Kier molecular flexibility index (Phi) is 4.76. The van der Waals surface area contributed by atoms with Crippen LogP contribution in [0.1, 0.15) is 33.3 Å². The van der Waals surface area contributed by atoms with Crippen molar-refractivity contribution < 1.29 is 14.3 Å². The zero-order valence-corrected chi connectivity index (χ0v) is 11.8. The van der Waals surface area contributed by atoms with Gasteiger partial charge >= 0.3 is 5.97 Å². The van der Waals surface area contributed by atoms with Gasteiger partial charge in [0.05, 0.1) is 13.0 Å². The van der Waals surface area contributed by atoms with E-state index in [1.165, 1.54) is 0 Å². The summed E-state index contributed by atoms with van der Waals surface area (Å²) in [5.74, 6) is 0.527. The van der Waals surface area contributed by atoms with Gasteiger partial charge in [-0.2, -0.15) is 0 Å². The molecule has 100 valence electrons. The molecule has 0 aliphatic carbocycles. The van der Waals surface area contributed by atoms with Crippen molar-refractivity contribution in [3.05, 3.63) is 29.8 Å². The van der Waals surface area contributed by atoms with Crippen LogP contribution in [-0.4, -0.2) is 18.7 Å². The Morgan fingerprint density at radius 2 is 1.78 bits per heavy atom. The van der Waals surface area contributed by atoms with Gasteiger partial charge in [0.15, 0.2) is 0 Å². The first-order valence-electron chi connectivity index (χ1n) is 6.17. The summed E-state index contributed by atoms with van der Waals surface area (Å²) in [4.78, 5) is 11.8. The first-order valence-corrected chi connectivity index (χ1v) is 6.17. The van der Waals surface area contributed by atoms with Gasteiger partial charge in [-0.15, -0.1) is 0 Å². The summed E-state index contributed by atoms with van der Waals surface area (Å²) >= 11 is 0. The summed E-state index contributed by atoms with van der Waals surface area (Å²) in [5.41, 5.74) is 0.680. The second-order valence-electron chi connectivity index (χ2n) is 5.49. The fraction of sp³-hybridized carbons (Fsp3) is 0.533. The van der Waals surface area contributed by atoms with Crippen molar-refractivity contribution >= 4 is 5.97 Å². The van der Waals surface area contributed by atoms with E-state index in [0.29, 0.717) is 6.42 Å². The van der Waals surface area contributed by atoms with Crippen molar-refractivity contribution in [2.75, 3.05) is 7.11 Å². The van der Waals surface area contributed by atoms with Gasteiger partial charge in [-0.05, 0) is 44.9 Å². The zero-order chi connectivity index (χ0) is 13.8. The first kappa shape index (κ1) is 14.6. The second-order valence-corrected chi connectivity index (χ2v) is 5.49. The highest BCUT2D eigenvalue weighted by atomic mass is 16.6. The van der Waals surface area contributed by atoms with Gasteiger partial charge in [0.25, 0.3) is 0 Å². The Hall–Kier alpha value is -1.51. The highest BCUT2D eigenvalue weighted by Gasteiger charge is 2.21. The molecule has 0 amide bonds. The largest absolute Gasteiger partial charge is 0.497 e. The summed E-state index contributed by atoms with van der Waals surface area (Å²) in [5, 5.41) is 0. The lowest BCUT2D eigenvalue weighted by Gasteiger charge is -2.22. The number of hydrogen-bond donors (Lipinski definition) is 0. The SMILES string of the molecule is COc1ccc(C[C@H](C)C(=O)OC(C)(C)C)cc1. The molecule has 0 radical (unpaired) electrons. The van der Waals surface area contributed by atoms with Gasteiger partial charge in [-0.1, -0.05) is 19.1 Å². The second kappa shape index (κ2) is 5.89. The highest BCUT2D eigenvalue weighted by molar-refractivity contribution is 5.72. The first-order chi connectivity index (χ1) is 8.31. The number of rotatable bonds is 4. The fourth-order valence-electron chi connectivity index (χ4n) is 1.60. The molecule has 1 aromatic carbocycles. The molecule has 3 heteroatoms. The van der Waals surface area contributed by atoms with Gasteiger partial charge in [0.2, 0.25) is 0 Å². The third-order valence-corrected chi connectivity index (χ3v) is 2.51. The van der Waals surface area contributed by atoms with E-state index < -0.39 is 5.60 Å². The molecule has 1 rings (SSSR count). The molecule has 1 atom stereocenters. The molecule has 0 aliphatic rings. The molecular formula is C15H22O3. The third kappa shape index (κ3) is 4.78. The molecule has 0 N–H and O–H groups in total. The van der Waals surface area contributed by atoms with Crippen LogP contribution in [0.2, 0.25) is 0 Å². The summed E-state index contributed by atoms with van der Waals surface area (Å²) in [6.45, 7) is 7.53. The van der Waals surface area contributed by atoms with Crippen LogP contribution in [-0.2, 0) is 16.0 Å². The van der Waals surface area contributed by atoms with E-state index in [-0.39, 0.29) is 11.9 Å². The topological polar surface area (TPSA) is 35.5 Å². The fourth-order valence-corrected chi connectivity index (χ4v) is 1.60. The molecule has 0 unspecified atom stereocenters. The molecule has 18 heavy (non-hydrogen) atoms. The van der Waals surface area contributed by atoms with Crippen LogP contribution < -0.4 is 4.74 Å². The van der Waals surface area contributed by atoms with Crippen LogP contribution in [0.3, 0.4) is 0 Å². The molecule has 0 saturated heterocycles. The number of carbonyl (C=O) groups excluding carboxylic acids is 1. The minimum Gasteiger partial charge on any atom is -0.497 e. The van der Waals surface area contributed by atoms with Gasteiger partial charge in [0.1, 0.15) is 11.4 Å². The average molecular weight is 250 g/mol. The maximum Gasteiger partial charge on any atom is 0.309 e. The average Bonchev–Trinajstić information content (AvgIpc) is 2.27. The minimum atomic E-state index is -0.425. The Balaban J connectivity index is 2.58. The third-order valence-electron chi connectivity index (χ3n) is 2.51. The molecule has 3 nitrogen and oxygen atoms in total. The van der Waals surface area contributed by atoms with Gasteiger partial charge in [0, 0.05) is 0 Å².